The zero-order valence-corrected chi connectivity index (χ0v) is 15.9. The number of rotatable bonds is 4. The van der Waals surface area contributed by atoms with Crippen molar-refractivity contribution in [3.63, 3.8) is 0 Å². The van der Waals surface area contributed by atoms with Crippen molar-refractivity contribution >= 4 is 39.3 Å². The molecule has 0 spiro atoms. The highest BCUT2D eigenvalue weighted by molar-refractivity contribution is 9.10. The van der Waals surface area contributed by atoms with Gasteiger partial charge in [0.05, 0.1) is 11.4 Å². The molecule has 0 aliphatic carbocycles. The fraction of sp³-hybridized carbons (Fsp3) is 0.294. The van der Waals surface area contributed by atoms with Gasteiger partial charge in [0.15, 0.2) is 5.69 Å². The molecular weight excluding hydrogens is 394 g/mol. The maximum absolute atomic E-state index is 11.6. The fourth-order valence-corrected chi connectivity index (χ4v) is 3.60. The van der Waals surface area contributed by atoms with Crippen molar-refractivity contribution in [3.8, 4) is 5.69 Å². The summed E-state index contributed by atoms with van der Waals surface area (Å²) in [5, 5.41) is 9.89. The smallest absolute Gasteiger partial charge is 0.354 e. The molecule has 1 N–H and O–H groups in total. The summed E-state index contributed by atoms with van der Waals surface area (Å²) in [4.78, 5) is 16.1. The third kappa shape index (κ3) is 2.63. The molecule has 0 unspecified atom stereocenters. The summed E-state index contributed by atoms with van der Waals surface area (Å²) >= 11 is 9.97. The van der Waals surface area contributed by atoms with E-state index in [4.69, 9.17) is 11.6 Å². The number of halogens is 2. The van der Waals surface area contributed by atoms with Gasteiger partial charge in [-0.2, -0.15) is 0 Å². The Morgan fingerprint density at radius 1 is 1.42 bits per heavy atom. The molecule has 5 nitrogen and oxygen atoms in total. The number of hydrogen-bond donors (Lipinski definition) is 1. The third-order valence-electron chi connectivity index (χ3n) is 4.03. The van der Waals surface area contributed by atoms with Gasteiger partial charge in [-0.05, 0) is 46.0 Å². The maximum atomic E-state index is 11.6. The molecule has 3 aromatic rings. The first-order valence-electron chi connectivity index (χ1n) is 7.66. The number of imidazole rings is 2. The van der Waals surface area contributed by atoms with Crippen molar-refractivity contribution < 1.29 is 9.90 Å². The van der Waals surface area contributed by atoms with Gasteiger partial charge in [-0.1, -0.05) is 38.4 Å². The normalized spacial score (nSPS) is 11.6. The van der Waals surface area contributed by atoms with Crippen LogP contribution in [0.4, 0.5) is 0 Å². The van der Waals surface area contributed by atoms with Crippen LogP contribution in [0.3, 0.4) is 0 Å². The van der Waals surface area contributed by atoms with Crippen LogP contribution in [-0.4, -0.2) is 25.0 Å². The molecule has 3 rings (SSSR count). The number of nitrogens with zero attached hydrogens (tertiary/aromatic N) is 3. The zero-order chi connectivity index (χ0) is 17.6. The number of carboxylic acids is 1. The van der Waals surface area contributed by atoms with Crippen LogP contribution in [-0.2, 0) is 6.42 Å². The molecule has 0 atom stereocenters. The Morgan fingerprint density at radius 2 is 2.12 bits per heavy atom. The number of benzene rings is 1. The molecule has 7 heteroatoms. The molecule has 0 amide bonds. The Bertz CT molecular complexity index is 943. The largest absolute Gasteiger partial charge is 0.477 e. The lowest BCUT2D eigenvalue weighted by Gasteiger charge is -2.11. The van der Waals surface area contributed by atoms with Crippen molar-refractivity contribution in [2.45, 2.75) is 33.1 Å². The Hall–Kier alpha value is -1.79. The molecule has 0 radical (unpaired) electrons. The molecule has 0 aliphatic rings. The summed E-state index contributed by atoms with van der Waals surface area (Å²) in [5.74, 6) is -0.109. The second-order valence-electron chi connectivity index (χ2n) is 5.89. The predicted octanol–water partition coefficient (Wildman–Crippen LogP) is 4.92. The van der Waals surface area contributed by atoms with E-state index >= 15 is 0 Å². The predicted molar refractivity (Wildman–Crippen MR) is 97.7 cm³/mol. The lowest BCUT2D eigenvalue weighted by molar-refractivity contribution is 0.0688. The SMILES string of the molecule is CCc1nc2n(-c3ccc(C(C)C)cc3Br)c(Cl)cn2c1C(=O)O. The van der Waals surface area contributed by atoms with Crippen LogP contribution >= 0.6 is 27.5 Å². The minimum absolute atomic E-state index is 0.156. The van der Waals surface area contributed by atoms with Gasteiger partial charge in [-0.25, -0.2) is 9.78 Å². The van der Waals surface area contributed by atoms with Crippen molar-refractivity contribution in [1.29, 1.82) is 0 Å². The van der Waals surface area contributed by atoms with E-state index in [1.807, 2.05) is 19.1 Å². The lowest BCUT2D eigenvalue weighted by Crippen LogP contribution is -2.03. The maximum Gasteiger partial charge on any atom is 0.354 e. The third-order valence-corrected chi connectivity index (χ3v) is 4.93. The average molecular weight is 411 g/mol. The number of aryl methyl sites for hydroxylation is 1. The van der Waals surface area contributed by atoms with Crippen LogP contribution in [0.25, 0.3) is 11.5 Å². The van der Waals surface area contributed by atoms with E-state index in [0.29, 0.717) is 29.0 Å². The lowest BCUT2D eigenvalue weighted by atomic mass is 10.0. The first-order chi connectivity index (χ1) is 11.3. The highest BCUT2D eigenvalue weighted by atomic mass is 79.9. The molecule has 1 aromatic carbocycles. The van der Waals surface area contributed by atoms with E-state index in [1.165, 1.54) is 9.96 Å². The minimum atomic E-state index is -1.01. The van der Waals surface area contributed by atoms with Gasteiger partial charge in [-0.15, -0.1) is 0 Å². The number of carboxylic acid groups (broad SMARTS) is 1. The number of aromatic carboxylic acids is 1. The van der Waals surface area contributed by atoms with Crippen molar-refractivity contribution in [1.82, 2.24) is 14.0 Å². The van der Waals surface area contributed by atoms with Crippen LogP contribution in [0.2, 0.25) is 5.15 Å². The summed E-state index contributed by atoms with van der Waals surface area (Å²) < 4.78 is 4.17. The van der Waals surface area contributed by atoms with Crippen molar-refractivity contribution in [2.75, 3.05) is 0 Å². The van der Waals surface area contributed by atoms with Crippen molar-refractivity contribution in [2.24, 2.45) is 0 Å². The molecule has 0 aliphatic heterocycles. The van der Waals surface area contributed by atoms with Crippen LogP contribution in [0.5, 0.6) is 0 Å². The highest BCUT2D eigenvalue weighted by Gasteiger charge is 2.23. The van der Waals surface area contributed by atoms with Gasteiger partial charge in [0.25, 0.3) is 0 Å². The second kappa shape index (κ2) is 6.26. The fourth-order valence-electron chi connectivity index (χ4n) is 2.77. The molecule has 24 heavy (non-hydrogen) atoms. The molecule has 2 aromatic heterocycles. The van der Waals surface area contributed by atoms with E-state index in [9.17, 15) is 9.90 Å². The molecule has 0 saturated carbocycles. The number of fused-ring (bicyclic) bond motifs is 1. The quantitative estimate of drug-likeness (QED) is 0.664. The van der Waals surface area contributed by atoms with E-state index in [0.717, 1.165) is 10.2 Å². The molecule has 0 bridgehead atoms. The van der Waals surface area contributed by atoms with Crippen LogP contribution < -0.4 is 0 Å². The Labute approximate surface area is 153 Å². The first-order valence-corrected chi connectivity index (χ1v) is 8.83. The summed E-state index contributed by atoms with van der Waals surface area (Å²) in [6.07, 6.45) is 2.13. The summed E-state index contributed by atoms with van der Waals surface area (Å²) in [6, 6.07) is 6.06. The second-order valence-corrected chi connectivity index (χ2v) is 7.13. The van der Waals surface area contributed by atoms with E-state index in [-0.39, 0.29) is 5.69 Å². The van der Waals surface area contributed by atoms with Crippen LogP contribution in [0.15, 0.2) is 28.9 Å². The topological polar surface area (TPSA) is 59.5 Å². The Morgan fingerprint density at radius 3 is 2.67 bits per heavy atom. The summed E-state index contributed by atoms with van der Waals surface area (Å²) in [6.45, 7) is 6.14. The standard InChI is InChI=1S/C17H17BrClN3O2/c1-4-12-15(16(23)24)21-8-14(19)22(17(21)20-12)13-6-5-10(9(2)3)7-11(13)18/h5-9H,4H2,1-3H3,(H,23,24). The number of carbonyl (C=O) groups is 1. The van der Waals surface area contributed by atoms with Crippen LogP contribution in [0, 0.1) is 0 Å². The first kappa shape index (κ1) is 17.0. The zero-order valence-electron chi connectivity index (χ0n) is 13.5. The van der Waals surface area contributed by atoms with Gasteiger partial charge in [-0.3, -0.25) is 8.97 Å². The van der Waals surface area contributed by atoms with Crippen molar-refractivity contribution in [3.05, 3.63) is 51.0 Å². The Kier molecular flexibility index (Phi) is 4.44. The summed E-state index contributed by atoms with van der Waals surface area (Å²) in [7, 11) is 0. The molecule has 126 valence electrons. The monoisotopic (exact) mass is 409 g/mol. The van der Waals surface area contributed by atoms with E-state index in [2.05, 4.69) is 40.8 Å². The molecule has 0 fully saturated rings. The number of hydrogen-bond acceptors (Lipinski definition) is 2. The van der Waals surface area contributed by atoms with Gasteiger partial charge in [0.1, 0.15) is 5.15 Å². The van der Waals surface area contributed by atoms with Gasteiger partial charge < -0.3 is 5.11 Å². The molecular formula is C17H17BrClN3O2. The number of aromatic nitrogens is 3. The van der Waals surface area contributed by atoms with E-state index < -0.39 is 5.97 Å². The highest BCUT2D eigenvalue weighted by Crippen LogP contribution is 2.31. The van der Waals surface area contributed by atoms with Gasteiger partial charge >= 0.3 is 5.97 Å². The van der Waals surface area contributed by atoms with E-state index in [1.54, 1.807) is 10.8 Å². The Balaban J connectivity index is 2.27. The minimum Gasteiger partial charge on any atom is -0.477 e. The van der Waals surface area contributed by atoms with Gasteiger partial charge in [0, 0.05) is 10.7 Å². The van der Waals surface area contributed by atoms with Crippen LogP contribution in [0.1, 0.15) is 48.4 Å². The molecule has 2 heterocycles. The van der Waals surface area contributed by atoms with Gasteiger partial charge in [0.2, 0.25) is 5.78 Å². The summed E-state index contributed by atoms with van der Waals surface area (Å²) in [5.41, 5.74) is 2.72. The average Bonchev–Trinajstić information content (AvgIpc) is 3.01. The molecule has 0 saturated heterocycles.